The number of amides is 1. The van der Waals surface area contributed by atoms with E-state index in [1.165, 1.54) is 12.8 Å². The normalized spacial score (nSPS) is 14.0. The molecule has 1 saturated carbocycles. The number of carbonyl (C=O) groups is 2. The van der Waals surface area contributed by atoms with Crippen molar-refractivity contribution < 1.29 is 19.1 Å². The van der Waals surface area contributed by atoms with E-state index < -0.39 is 0 Å². The Hall–Kier alpha value is -2.82. The van der Waals surface area contributed by atoms with E-state index in [2.05, 4.69) is 5.32 Å². The fraction of sp³-hybridized carbons (Fsp3) is 0.333. The topological polar surface area (TPSA) is 64.6 Å². The van der Waals surface area contributed by atoms with Crippen LogP contribution in [-0.4, -0.2) is 18.5 Å². The third-order valence-corrected chi connectivity index (χ3v) is 4.41. The van der Waals surface area contributed by atoms with Gasteiger partial charge in [0.15, 0.2) is 6.61 Å². The maximum atomic E-state index is 11.9. The molecule has 1 fully saturated rings. The lowest BCUT2D eigenvalue weighted by Crippen LogP contribution is -2.21. The Balaban J connectivity index is 1.41. The SMILES string of the molecule is O=C(COC(=O)CC1CCCC1)Nc1ccc(Oc2ccccc2)cc1. The van der Waals surface area contributed by atoms with Crippen LogP contribution in [0.4, 0.5) is 5.69 Å². The zero-order chi connectivity index (χ0) is 18.2. The molecule has 0 radical (unpaired) electrons. The number of nitrogens with one attached hydrogen (secondary N) is 1. The predicted molar refractivity (Wildman–Crippen MR) is 99.1 cm³/mol. The van der Waals surface area contributed by atoms with E-state index in [1.54, 1.807) is 24.3 Å². The summed E-state index contributed by atoms with van der Waals surface area (Å²) in [6, 6.07) is 16.5. The molecule has 26 heavy (non-hydrogen) atoms. The average Bonchev–Trinajstić information content (AvgIpc) is 3.15. The first-order valence-corrected chi connectivity index (χ1v) is 8.97. The Labute approximate surface area is 153 Å². The second-order valence-corrected chi connectivity index (χ2v) is 6.50. The fourth-order valence-electron chi connectivity index (χ4n) is 3.08. The number of para-hydroxylation sites is 1. The van der Waals surface area contributed by atoms with Gasteiger partial charge in [0.25, 0.3) is 5.91 Å². The molecule has 5 nitrogen and oxygen atoms in total. The van der Waals surface area contributed by atoms with Gasteiger partial charge < -0.3 is 14.8 Å². The zero-order valence-corrected chi connectivity index (χ0v) is 14.6. The first-order valence-electron chi connectivity index (χ1n) is 8.97. The maximum Gasteiger partial charge on any atom is 0.306 e. The minimum atomic E-state index is -0.346. The third kappa shape index (κ3) is 5.62. The summed E-state index contributed by atoms with van der Waals surface area (Å²) < 4.78 is 10.8. The van der Waals surface area contributed by atoms with Gasteiger partial charge >= 0.3 is 5.97 Å². The van der Waals surface area contributed by atoms with Crippen molar-refractivity contribution in [2.45, 2.75) is 32.1 Å². The predicted octanol–water partition coefficient (Wildman–Crippen LogP) is 4.54. The van der Waals surface area contributed by atoms with Gasteiger partial charge in [0.1, 0.15) is 11.5 Å². The highest BCUT2D eigenvalue weighted by Crippen LogP contribution is 2.27. The van der Waals surface area contributed by atoms with Crippen molar-refractivity contribution in [3.05, 3.63) is 54.6 Å². The molecule has 2 aromatic rings. The molecule has 0 atom stereocenters. The summed E-state index contributed by atoms with van der Waals surface area (Å²) >= 11 is 0. The van der Waals surface area contributed by atoms with Crippen molar-refractivity contribution in [1.82, 2.24) is 0 Å². The Morgan fingerprint density at radius 2 is 1.58 bits per heavy atom. The van der Waals surface area contributed by atoms with Crippen molar-refractivity contribution in [2.24, 2.45) is 5.92 Å². The average molecular weight is 353 g/mol. The minimum absolute atomic E-state index is 0.256. The first-order chi connectivity index (χ1) is 12.7. The van der Waals surface area contributed by atoms with Crippen LogP contribution in [0.5, 0.6) is 11.5 Å². The molecule has 0 unspecified atom stereocenters. The molecule has 5 heteroatoms. The van der Waals surface area contributed by atoms with E-state index in [4.69, 9.17) is 9.47 Å². The highest BCUT2D eigenvalue weighted by Gasteiger charge is 2.19. The highest BCUT2D eigenvalue weighted by molar-refractivity contribution is 5.92. The van der Waals surface area contributed by atoms with E-state index in [1.807, 2.05) is 30.3 Å². The molecule has 1 amide bonds. The van der Waals surface area contributed by atoms with Gasteiger partial charge in [0, 0.05) is 12.1 Å². The highest BCUT2D eigenvalue weighted by atomic mass is 16.5. The molecule has 0 heterocycles. The van der Waals surface area contributed by atoms with E-state index in [-0.39, 0.29) is 18.5 Å². The number of ether oxygens (including phenoxy) is 2. The molecule has 0 spiro atoms. The molecule has 0 bridgehead atoms. The van der Waals surface area contributed by atoms with Gasteiger partial charge in [-0.2, -0.15) is 0 Å². The second kappa shape index (κ2) is 9.04. The summed E-state index contributed by atoms with van der Waals surface area (Å²) in [5.41, 5.74) is 0.627. The van der Waals surface area contributed by atoms with Crippen LogP contribution in [0.25, 0.3) is 0 Å². The van der Waals surface area contributed by atoms with Crippen molar-refractivity contribution in [1.29, 1.82) is 0 Å². The number of rotatable bonds is 7. The van der Waals surface area contributed by atoms with Crippen LogP contribution in [0.2, 0.25) is 0 Å². The number of hydrogen-bond donors (Lipinski definition) is 1. The molecule has 0 saturated heterocycles. The maximum absolute atomic E-state index is 11.9. The van der Waals surface area contributed by atoms with Crippen LogP contribution in [0, 0.1) is 5.92 Å². The van der Waals surface area contributed by atoms with Gasteiger partial charge in [-0.15, -0.1) is 0 Å². The zero-order valence-electron chi connectivity index (χ0n) is 14.6. The number of carbonyl (C=O) groups excluding carboxylic acids is 2. The van der Waals surface area contributed by atoms with Crippen LogP contribution in [0.1, 0.15) is 32.1 Å². The molecule has 1 aliphatic rings. The summed E-state index contributed by atoms with van der Waals surface area (Å²) in [6.45, 7) is -0.256. The number of hydrogen-bond acceptors (Lipinski definition) is 4. The van der Waals surface area contributed by atoms with E-state index in [9.17, 15) is 9.59 Å². The molecule has 2 aromatic carbocycles. The quantitative estimate of drug-likeness (QED) is 0.742. The lowest BCUT2D eigenvalue weighted by molar-refractivity contribution is -0.148. The van der Waals surface area contributed by atoms with Crippen LogP contribution >= 0.6 is 0 Å². The van der Waals surface area contributed by atoms with Crippen LogP contribution in [0.15, 0.2) is 54.6 Å². The minimum Gasteiger partial charge on any atom is -0.457 e. The van der Waals surface area contributed by atoms with Gasteiger partial charge in [0.2, 0.25) is 0 Å². The number of esters is 1. The fourth-order valence-corrected chi connectivity index (χ4v) is 3.08. The molecule has 1 aliphatic carbocycles. The summed E-state index contributed by atoms with van der Waals surface area (Å²) in [5.74, 6) is 1.21. The summed E-state index contributed by atoms with van der Waals surface area (Å²) in [5, 5.41) is 2.71. The largest absolute Gasteiger partial charge is 0.457 e. The Kier molecular flexibility index (Phi) is 6.25. The van der Waals surface area contributed by atoms with Gasteiger partial charge in [0.05, 0.1) is 0 Å². The first kappa shape index (κ1) is 18.0. The molecule has 3 rings (SSSR count). The van der Waals surface area contributed by atoms with Gasteiger partial charge in [-0.05, 0) is 55.2 Å². The van der Waals surface area contributed by atoms with Gasteiger partial charge in [-0.3, -0.25) is 9.59 Å². The summed E-state index contributed by atoms with van der Waals surface area (Å²) in [7, 11) is 0. The summed E-state index contributed by atoms with van der Waals surface area (Å²) in [4.78, 5) is 23.7. The lowest BCUT2D eigenvalue weighted by Gasteiger charge is -2.10. The molecule has 0 aliphatic heterocycles. The van der Waals surface area contributed by atoms with Crippen LogP contribution in [-0.2, 0) is 14.3 Å². The van der Waals surface area contributed by atoms with Crippen LogP contribution in [0.3, 0.4) is 0 Å². The molecule has 1 N–H and O–H groups in total. The molecule has 0 aromatic heterocycles. The third-order valence-electron chi connectivity index (χ3n) is 4.41. The lowest BCUT2D eigenvalue weighted by atomic mass is 10.1. The van der Waals surface area contributed by atoms with Gasteiger partial charge in [-0.25, -0.2) is 0 Å². The van der Waals surface area contributed by atoms with E-state index >= 15 is 0 Å². The Bertz CT molecular complexity index is 721. The van der Waals surface area contributed by atoms with Crippen LogP contribution < -0.4 is 10.1 Å². The van der Waals surface area contributed by atoms with E-state index in [0.717, 1.165) is 18.6 Å². The van der Waals surface area contributed by atoms with Crippen molar-refractivity contribution in [2.75, 3.05) is 11.9 Å². The molecule has 136 valence electrons. The molecular weight excluding hydrogens is 330 g/mol. The Morgan fingerprint density at radius 1 is 0.923 bits per heavy atom. The van der Waals surface area contributed by atoms with E-state index in [0.29, 0.717) is 23.8 Å². The Morgan fingerprint density at radius 3 is 2.27 bits per heavy atom. The monoisotopic (exact) mass is 353 g/mol. The van der Waals surface area contributed by atoms with Crippen molar-refractivity contribution in [3.63, 3.8) is 0 Å². The number of anilines is 1. The van der Waals surface area contributed by atoms with Crippen molar-refractivity contribution in [3.8, 4) is 11.5 Å². The summed E-state index contributed by atoms with van der Waals surface area (Å²) in [6.07, 6.45) is 4.95. The van der Waals surface area contributed by atoms with Crippen molar-refractivity contribution >= 4 is 17.6 Å². The number of benzene rings is 2. The standard InChI is InChI=1S/C21H23NO4/c23-20(15-25-21(24)14-16-6-4-5-7-16)22-17-10-12-19(13-11-17)26-18-8-2-1-3-9-18/h1-3,8-13,16H,4-7,14-15H2,(H,22,23). The smallest absolute Gasteiger partial charge is 0.306 e. The molecular formula is C21H23NO4. The van der Waals surface area contributed by atoms with Gasteiger partial charge in [-0.1, -0.05) is 31.0 Å². The second-order valence-electron chi connectivity index (χ2n) is 6.50.